The van der Waals surface area contributed by atoms with Gasteiger partial charge >= 0.3 is 0 Å². The number of nitrogens with one attached hydrogen (secondary N) is 1. The number of methoxy groups -OCH3 is 1. The Morgan fingerprint density at radius 3 is 2.80 bits per heavy atom. The summed E-state index contributed by atoms with van der Waals surface area (Å²) in [6.45, 7) is 3.81. The first-order valence-electron chi connectivity index (χ1n) is 9.22. The summed E-state index contributed by atoms with van der Waals surface area (Å²) in [5.74, 6) is 0.718. The normalized spacial score (nSPS) is 11.7. The Balaban J connectivity index is 1.81. The average Bonchev–Trinajstić information content (AvgIpc) is 3.37. The lowest BCUT2D eigenvalue weighted by molar-refractivity contribution is -0.111. The van der Waals surface area contributed by atoms with Crippen molar-refractivity contribution in [1.82, 2.24) is 5.16 Å². The number of amides is 1. The fourth-order valence-electron chi connectivity index (χ4n) is 3.47. The van der Waals surface area contributed by atoms with Gasteiger partial charge in [-0.3, -0.25) is 4.79 Å². The summed E-state index contributed by atoms with van der Waals surface area (Å²) in [7, 11) is 1.61. The number of rotatable bonds is 5. The summed E-state index contributed by atoms with van der Waals surface area (Å²) in [6, 6.07) is 11.6. The number of furan rings is 1. The van der Waals surface area contributed by atoms with E-state index in [2.05, 4.69) is 26.4 Å². The molecule has 0 saturated heterocycles. The van der Waals surface area contributed by atoms with Crippen LogP contribution in [0.25, 0.3) is 27.7 Å². The van der Waals surface area contributed by atoms with Gasteiger partial charge in [0.15, 0.2) is 5.82 Å². The number of aryl methyl sites for hydroxylation is 1. The zero-order valence-electron chi connectivity index (χ0n) is 16.7. The molecule has 2 aromatic heterocycles. The molecule has 0 aliphatic heterocycles. The smallest absolute Gasteiger partial charge is 0.249 e. The van der Waals surface area contributed by atoms with Gasteiger partial charge in [0.2, 0.25) is 5.91 Å². The molecule has 152 valence electrons. The fourth-order valence-corrected chi connectivity index (χ4v) is 3.86. The number of anilines is 1. The van der Waals surface area contributed by atoms with Crippen LogP contribution in [0.2, 0.25) is 0 Å². The van der Waals surface area contributed by atoms with Crippen molar-refractivity contribution in [2.45, 2.75) is 13.8 Å². The first-order valence-corrected chi connectivity index (χ1v) is 10.0. The molecule has 1 amide bonds. The van der Waals surface area contributed by atoms with E-state index >= 15 is 0 Å². The molecule has 30 heavy (non-hydrogen) atoms. The molecule has 0 spiro atoms. The fraction of sp³-hybridized carbons (Fsp3) is 0.130. The van der Waals surface area contributed by atoms with Crippen molar-refractivity contribution in [2.24, 2.45) is 0 Å². The number of nitrogens with zero attached hydrogens (tertiary/aromatic N) is 1. The summed E-state index contributed by atoms with van der Waals surface area (Å²) in [5.41, 5.74) is 5.19. The van der Waals surface area contributed by atoms with Crippen molar-refractivity contribution in [3.05, 3.63) is 70.6 Å². The van der Waals surface area contributed by atoms with E-state index in [1.54, 1.807) is 19.4 Å². The molecule has 0 aliphatic carbocycles. The molecule has 0 unspecified atom stereocenters. The number of hydrogen-bond donors (Lipinski definition) is 1. The topological polar surface area (TPSA) is 77.5 Å². The second kappa shape index (κ2) is 8.20. The second-order valence-electron chi connectivity index (χ2n) is 6.82. The van der Waals surface area contributed by atoms with Crippen molar-refractivity contribution in [2.75, 3.05) is 12.4 Å². The third kappa shape index (κ3) is 3.76. The molecular weight excluding hydrogens is 448 g/mol. The Bertz CT molecular complexity index is 1260. The predicted molar refractivity (Wildman–Crippen MR) is 119 cm³/mol. The van der Waals surface area contributed by atoms with E-state index in [4.69, 9.17) is 13.7 Å². The SMILES string of the molecule is COc1c(/C(C)=C/C(=O)Nc2ccon2)cc2c(-c3cccc(Br)c3)coc2c1C. The molecule has 0 atom stereocenters. The van der Waals surface area contributed by atoms with Crippen LogP contribution in [0.5, 0.6) is 5.75 Å². The van der Waals surface area contributed by atoms with Gasteiger partial charge < -0.3 is 19.0 Å². The summed E-state index contributed by atoms with van der Waals surface area (Å²) >= 11 is 3.52. The third-order valence-electron chi connectivity index (χ3n) is 4.85. The van der Waals surface area contributed by atoms with Crippen molar-refractivity contribution in [3.8, 4) is 16.9 Å². The molecule has 6 nitrogen and oxygen atoms in total. The molecule has 0 aliphatic rings. The maximum Gasteiger partial charge on any atom is 0.249 e. The largest absolute Gasteiger partial charge is 0.496 e. The standard InChI is InChI=1S/C23H19BrN2O4/c1-13(9-21(27)25-20-7-8-30-26-20)17-11-18-19(15-5-4-6-16(24)10-15)12-29-23(18)14(2)22(17)28-3/h4-12H,1-3H3,(H,25,26,27)/b13-9+. The molecule has 0 saturated carbocycles. The minimum atomic E-state index is -0.305. The van der Waals surface area contributed by atoms with Crippen molar-refractivity contribution >= 4 is 44.2 Å². The average molecular weight is 467 g/mol. The number of halogens is 1. The molecule has 0 bridgehead atoms. The summed E-state index contributed by atoms with van der Waals surface area (Å²) < 4.78 is 17.3. The number of ether oxygens (including phenoxy) is 1. The van der Waals surface area contributed by atoms with Crippen LogP contribution in [0.15, 0.2) is 68.4 Å². The second-order valence-corrected chi connectivity index (χ2v) is 7.74. The van der Waals surface area contributed by atoms with Crippen LogP contribution >= 0.6 is 15.9 Å². The van der Waals surface area contributed by atoms with Crippen molar-refractivity contribution in [3.63, 3.8) is 0 Å². The van der Waals surface area contributed by atoms with E-state index in [0.717, 1.165) is 43.3 Å². The number of benzene rings is 2. The first kappa shape index (κ1) is 20.0. The van der Waals surface area contributed by atoms with Gasteiger partial charge in [0.1, 0.15) is 17.6 Å². The zero-order chi connectivity index (χ0) is 21.3. The highest BCUT2D eigenvalue weighted by Gasteiger charge is 2.19. The number of carbonyl (C=O) groups excluding carboxylic acids is 1. The Morgan fingerprint density at radius 1 is 1.27 bits per heavy atom. The summed E-state index contributed by atoms with van der Waals surface area (Å²) in [6.07, 6.45) is 4.66. The highest BCUT2D eigenvalue weighted by molar-refractivity contribution is 9.10. The maximum absolute atomic E-state index is 12.4. The molecule has 4 rings (SSSR count). The molecule has 0 radical (unpaired) electrons. The van der Waals surface area contributed by atoms with Crippen molar-refractivity contribution < 1.29 is 18.5 Å². The predicted octanol–water partition coefficient (Wildman–Crippen LogP) is 6.21. The number of hydrogen-bond acceptors (Lipinski definition) is 5. The zero-order valence-corrected chi connectivity index (χ0v) is 18.2. The summed E-state index contributed by atoms with van der Waals surface area (Å²) in [5, 5.41) is 7.31. The van der Waals surface area contributed by atoms with Crippen LogP contribution in [-0.2, 0) is 4.79 Å². The van der Waals surface area contributed by atoms with E-state index in [-0.39, 0.29) is 5.91 Å². The van der Waals surface area contributed by atoms with Crippen LogP contribution in [0.1, 0.15) is 18.1 Å². The third-order valence-corrected chi connectivity index (χ3v) is 5.34. The molecule has 4 aromatic rings. The number of fused-ring (bicyclic) bond motifs is 1. The van der Waals surface area contributed by atoms with Gasteiger partial charge in [-0.05, 0) is 43.2 Å². The lowest BCUT2D eigenvalue weighted by atomic mass is 9.96. The van der Waals surface area contributed by atoms with E-state index < -0.39 is 0 Å². The van der Waals surface area contributed by atoms with E-state index in [0.29, 0.717) is 11.6 Å². The highest BCUT2D eigenvalue weighted by Crippen LogP contribution is 2.40. The molecule has 7 heteroatoms. The Kier molecular flexibility index (Phi) is 5.46. The minimum Gasteiger partial charge on any atom is -0.496 e. The first-order chi connectivity index (χ1) is 14.5. The Morgan fingerprint density at radius 2 is 2.10 bits per heavy atom. The van der Waals surface area contributed by atoms with Gasteiger partial charge in [-0.25, -0.2) is 0 Å². The lowest BCUT2D eigenvalue weighted by Gasteiger charge is -2.13. The minimum absolute atomic E-state index is 0.305. The molecule has 0 fully saturated rings. The Labute approximate surface area is 181 Å². The van der Waals surface area contributed by atoms with E-state index in [1.807, 2.05) is 44.2 Å². The summed E-state index contributed by atoms with van der Waals surface area (Å²) in [4.78, 5) is 12.4. The maximum atomic E-state index is 12.4. The quantitative estimate of drug-likeness (QED) is 0.353. The number of allylic oxidation sites excluding steroid dienone is 1. The van der Waals surface area contributed by atoms with Crippen molar-refractivity contribution in [1.29, 1.82) is 0 Å². The molecular formula is C23H19BrN2O4. The van der Waals surface area contributed by atoms with Gasteiger partial charge in [-0.1, -0.05) is 33.2 Å². The van der Waals surface area contributed by atoms with Gasteiger partial charge in [0, 0.05) is 38.7 Å². The van der Waals surface area contributed by atoms with E-state index in [9.17, 15) is 4.79 Å². The highest BCUT2D eigenvalue weighted by atomic mass is 79.9. The van der Waals surface area contributed by atoms with E-state index in [1.165, 1.54) is 12.3 Å². The van der Waals surface area contributed by atoms with Crippen LogP contribution in [0.3, 0.4) is 0 Å². The molecule has 2 heterocycles. The number of carbonyl (C=O) groups is 1. The Hall–Kier alpha value is -3.32. The van der Waals surface area contributed by atoms with Crippen LogP contribution in [0, 0.1) is 6.92 Å². The molecule has 1 N–H and O–H groups in total. The lowest BCUT2D eigenvalue weighted by Crippen LogP contribution is -2.09. The monoisotopic (exact) mass is 466 g/mol. The van der Waals surface area contributed by atoms with Gasteiger partial charge in [0.05, 0.1) is 13.4 Å². The van der Waals surface area contributed by atoms with Gasteiger partial charge in [-0.2, -0.15) is 0 Å². The number of aromatic nitrogens is 1. The van der Waals surface area contributed by atoms with Crippen LogP contribution in [-0.4, -0.2) is 18.2 Å². The van der Waals surface area contributed by atoms with Crippen LogP contribution < -0.4 is 10.1 Å². The van der Waals surface area contributed by atoms with Crippen LogP contribution in [0.4, 0.5) is 5.82 Å². The molecule has 2 aromatic carbocycles. The van der Waals surface area contributed by atoms with Gasteiger partial charge in [-0.15, -0.1) is 0 Å². The van der Waals surface area contributed by atoms with Gasteiger partial charge in [0.25, 0.3) is 0 Å².